The van der Waals surface area contributed by atoms with Crippen molar-refractivity contribution in [2.75, 3.05) is 0 Å². The van der Waals surface area contributed by atoms with Gasteiger partial charge in [0.15, 0.2) is 0 Å². The van der Waals surface area contributed by atoms with Gasteiger partial charge in [-0.15, -0.1) is 0 Å². The Morgan fingerprint density at radius 2 is 1.00 bits per heavy atom. The molecule has 0 saturated heterocycles. The first-order chi connectivity index (χ1) is 22.3. The average Bonchev–Trinajstić information content (AvgIpc) is 3.01. The van der Waals surface area contributed by atoms with E-state index in [0.717, 1.165) is 0 Å². The second kappa shape index (κ2) is 16.8. The molecule has 47 heavy (non-hydrogen) atoms. The van der Waals surface area contributed by atoms with Crippen LogP contribution in [0.2, 0.25) is 0 Å². The number of aromatic carboxylic acids is 1. The molecule has 4 rings (SSSR count). The molecule has 12 nitrogen and oxygen atoms in total. The van der Waals surface area contributed by atoms with E-state index < -0.39 is 11.9 Å². The second-order valence-electron chi connectivity index (χ2n) is 10.6. The van der Waals surface area contributed by atoms with E-state index in [0.29, 0.717) is 28.2 Å². The minimum absolute atomic E-state index is 0.0225. The van der Waals surface area contributed by atoms with Gasteiger partial charge in [-0.3, -0.25) is 0 Å². The molecule has 0 fully saturated rings. The molecule has 0 amide bonds. The quantitative estimate of drug-likeness (QED) is 0.162. The van der Waals surface area contributed by atoms with Crippen LogP contribution in [0, 0.1) is 22.7 Å². The Morgan fingerprint density at radius 3 is 1.36 bits per heavy atom. The molecule has 242 valence electrons. The fourth-order valence-electron chi connectivity index (χ4n) is 3.63. The fourth-order valence-corrected chi connectivity index (χ4v) is 3.63. The Kier molecular flexibility index (Phi) is 12.6. The predicted octanol–water partition coefficient (Wildman–Crippen LogP) is 7.33. The number of aromatic nitrogens is 2. The molecule has 12 heteroatoms. The highest BCUT2D eigenvalue weighted by atomic mass is 16.5. The monoisotopic (exact) mass is 638 g/mol. The number of carboxylic acids is 1. The summed E-state index contributed by atoms with van der Waals surface area (Å²) in [6.45, 7) is 10.9. The molecular weight excluding hydrogens is 604 g/mol. The zero-order chi connectivity index (χ0) is 34.5. The van der Waals surface area contributed by atoms with Crippen molar-refractivity contribution in [3.05, 3.63) is 95.1 Å². The van der Waals surface area contributed by atoms with Crippen molar-refractivity contribution >= 4 is 11.9 Å². The molecule has 1 N–H and O–H groups in total. The summed E-state index contributed by atoms with van der Waals surface area (Å²) in [6, 6.07) is 22.7. The zero-order valence-corrected chi connectivity index (χ0v) is 26.8. The second-order valence-corrected chi connectivity index (χ2v) is 10.6. The van der Waals surface area contributed by atoms with Crippen molar-refractivity contribution in [2.24, 2.45) is 0 Å². The van der Waals surface area contributed by atoms with Gasteiger partial charge in [0.05, 0.1) is 52.7 Å². The van der Waals surface area contributed by atoms with Gasteiger partial charge in [-0.25, -0.2) is 9.59 Å². The standard InChI is InChI=1S/C19H20N2O4.C16H14N2O4/c1-12(2)23-17-9-15(19(22)24-13(3)4)10-18(21-17)25-16-7-5-14(11-20)6-8-16;1-10(2)21-14-7-12(16(19)20)8-15(18-14)22-13-5-3-11(9-17)4-6-13/h5-10,12-13H,1-4H3;3-8,10H,1-2H3,(H,19,20). The highest BCUT2D eigenvalue weighted by Crippen LogP contribution is 2.26. The Hall–Kier alpha value is -6.14. The largest absolute Gasteiger partial charge is 0.478 e. The van der Waals surface area contributed by atoms with E-state index >= 15 is 0 Å². The van der Waals surface area contributed by atoms with Crippen LogP contribution in [0.15, 0.2) is 72.8 Å². The van der Waals surface area contributed by atoms with Crippen molar-refractivity contribution in [1.29, 1.82) is 10.5 Å². The number of carboxylic acid groups (broad SMARTS) is 1. The molecule has 0 bridgehead atoms. The number of esters is 1. The van der Waals surface area contributed by atoms with Crippen molar-refractivity contribution in [3.8, 4) is 47.2 Å². The maximum absolute atomic E-state index is 12.2. The van der Waals surface area contributed by atoms with Gasteiger partial charge >= 0.3 is 11.9 Å². The van der Waals surface area contributed by atoms with Crippen LogP contribution in [0.1, 0.15) is 73.4 Å². The minimum atomic E-state index is -1.10. The minimum Gasteiger partial charge on any atom is -0.478 e. The van der Waals surface area contributed by atoms with Gasteiger partial charge in [-0.2, -0.15) is 20.5 Å². The SMILES string of the molecule is CC(C)OC(=O)c1cc(Oc2ccc(C#N)cc2)nc(OC(C)C)c1.CC(C)Oc1cc(C(=O)O)cc(Oc2ccc(C#N)cc2)n1. The van der Waals surface area contributed by atoms with E-state index in [4.69, 9.17) is 39.3 Å². The Balaban J connectivity index is 0.000000257. The maximum atomic E-state index is 12.2. The lowest BCUT2D eigenvalue weighted by molar-refractivity contribution is 0.0376. The first-order valence-electron chi connectivity index (χ1n) is 14.5. The highest BCUT2D eigenvalue weighted by molar-refractivity contribution is 5.90. The Labute approximate surface area is 272 Å². The lowest BCUT2D eigenvalue weighted by atomic mass is 10.2. The van der Waals surface area contributed by atoms with Gasteiger partial charge in [-0.05, 0) is 90.1 Å². The summed E-state index contributed by atoms with van der Waals surface area (Å²) in [5, 5.41) is 26.7. The molecule has 0 radical (unpaired) electrons. The number of benzene rings is 2. The van der Waals surface area contributed by atoms with Gasteiger partial charge in [0.2, 0.25) is 23.5 Å². The third kappa shape index (κ3) is 11.7. The van der Waals surface area contributed by atoms with Gasteiger partial charge in [0, 0.05) is 24.3 Å². The van der Waals surface area contributed by atoms with Gasteiger partial charge in [0.25, 0.3) is 0 Å². The number of pyridine rings is 2. The van der Waals surface area contributed by atoms with Crippen molar-refractivity contribution in [1.82, 2.24) is 9.97 Å². The van der Waals surface area contributed by atoms with E-state index in [2.05, 4.69) is 9.97 Å². The van der Waals surface area contributed by atoms with E-state index in [9.17, 15) is 9.59 Å². The Bertz CT molecular complexity index is 1760. The smallest absolute Gasteiger partial charge is 0.338 e. The van der Waals surface area contributed by atoms with E-state index in [-0.39, 0.29) is 47.4 Å². The molecule has 2 heterocycles. The summed E-state index contributed by atoms with van der Waals surface area (Å²) in [7, 11) is 0. The first kappa shape index (κ1) is 35.3. The summed E-state index contributed by atoms with van der Waals surface area (Å²) in [5.41, 5.74) is 1.35. The lowest BCUT2D eigenvalue weighted by Crippen LogP contribution is -2.13. The van der Waals surface area contributed by atoms with Gasteiger partial charge < -0.3 is 28.8 Å². The van der Waals surface area contributed by atoms with Crippen LogP contribution >= 0.6 is 0 Å². The number of carbonyl (C=O) groups excluding carboxylic acids is 1. The van der Waals surface area contributed by atoms with Crippen LogP contribution in [0.4, 0.5) is 0 Å². The molecule has 0 spiro atoms. The molecular formula is C35H34N4O8. The van der Waals surface area contributed by atoms with E-state index in [1.165, 1.54) is 24.3 Å². The number of nitrogens with zero attached hydrogens (tertiary/aromatic N) is 4. The summed E-state index contributed by atoms with van der Waals surface area (Å²) in [4.78, 5) is 31.7. The zero-order valence-electron chi connectivity index (χ0n) is 26.8. The van der Waals surface area contributed by atoms with Gasteiger partial charge in [-0.1, -0.05) is 0 Å². The van der Waals surface area contributed by atoms with E-state index in [1.54, 1.807) is 62.4 Å². The molecule has 0 unspecified atom stereocenters. The fraction of sp³-hybridized carbons (Fsp3) is 0.257. The first-order valence-corrected chi connectivity index (χ1v) is 14.5. The summed E-state index contributed by atoms with van der Waals surface area (Å²) in [6.07, 6.45) is -0.482. The topological polar surface area (TPSA) is 174 Å². The van der Waals surface area contributed by atoms with E-state index in [1.807, 2.05) is 39.8 Å². The number of ether oxygens (including phenoxy) is 5. The molecule has 0 atom stereocenters. The molecule has 0 aliphatic rings. The summed E-state index contributed by atoms with van der Waals surface area (Å²) >= 11 is 0. The number of hydrogen-bond donors (Lipinski definition) is 1. The molecule has 0 saturated carbocycles. The molecule has 2 aromatic carbocycles. The number of carbonyl (C=O) groups is 2. The average molecular weight is 639 g/mol. The number of rotatable bonds is 11. The third-order valence-electron chi connectivity index (χ3n) is 5.51. The van der Waals surface area contributed by atoms with Crippen LogP contribution in [-0.4, -0.2) is 45.3 Å². The normalized spacial score (nSPS) is 10.3. The van der Waals surface area contributed by atoms with Crippen molar-refractivity contribution in [2.45, 2.75) is 59.9 Å². The maximum Gasteiger partial charge on any atom is 0.338 e. The van der Waals surface area contributed by atoms with Crippen LogP contribution in [0.3, 0.4) is 0 Å². The van der Waals surface area contributed by atoms with Crippen LogP contribution in [0.25, 0.3) is 0 Å². The van der Waals surface area contributed by atoms with Crippen LogP contribution < -0.4 is 18.9 Å². The number of hydrogen-bond acceptors (Lipinski definition) is 11. The Morgan fingerprint density at radius 1 is 0.617 bits per heavy atom. The molecule has 2 aromatic heterocycles. The summed E-state index contributed by atoms with van der Waals surface area (Å²) in [5.74, 6) is 0.145. The highest BCUT2D eigenvalue weighted by Gasteiger charge is 2.16. The van der Waals surface area contributed by atoms with Crippen LogP contribution in [0.5, 0.6) is 35.0 Å². The molecule has 4 aromatic rings. The van der Waals surface area contributed by atoms with Crippen molar-refractivity contribution in [3.63, 3.8) is 0 Å². The van der Waals surface area contributed by atoms with Crippen LogP contribution in [-0.2, 0) is 4.74 Å². The summed E-state index contributed by atoms with van der Waals surface area (Å²) < 4.78 is 27.4. The number of nitriles is 2. The van der Waals surface area contributed by atoms with Gasteiger partial charge in [0.1, 0.15) is 11.5 Å². The van der Waals surface area contributed by atoms with Crippen molar-refractivity contribution < 1.29 is 38.4 Å². The lowest BCUT2D eigenvalue weighted by Gasteiger charge is -2.13. The predicted molar refractivity (Wildman–Crippen MR) is 170 cm³/mol. The molecule has 0 aliphatic heterocycles. The molecule has 0 aliphatic carbocycles. The third-order valence-corrected chi connectivity index (χ3v) is 5.51.